The van der Waals surface area contributed by atoms with Crippen molar-refractivity contribution in [2.75, 3.05) is 19.9 Å². The largest absolute Gasteiger partial charge is 0.465 e. The average molecular weight is 637 g/mol. The normalized spacial score (nSPS) is 23.2. The van der Waals surface area contributed by atoms with Gasteiger partial charge in [0.15, 0.2) is 17.7 Å². The summed E-state index contributed by atoms with van der Waals surface area (Å²) >= 11 is 0. The van der Waals surface area contributed by atoms with E-state index in [1.807, 2.05) is 0 Å². The second kappa shape index (κ2) is 15.0. The lowest BCUT2D eigenvalue weighted by atomic mass is 9.88. The number of carbonyl (C=O) groups excluding carboxylic acids is 4. The molecular formula is C24H30F2N4O12S. The van der Waals surface area contributed by atoms with Crippen LogP contribution in [0.15, 0.2) is 23.3 Å². The van der Waals surface area contributed by atoms with Gasteiger partial charge in [0.1, 0.15) is 18.3 Å². The Bertz CT molecular complexity index is 1370. The van der Waals surface area contributed by atoms with Crippen molar-refractivity contribution in [1.82, 2.24) is 4.72 Å². The molecule has 238 valence electrons. The third-order valence-electron chi connectivity index (χ3n) is 5.84. The Morgan fingerprint density at radius 2 is 1.81 bits per heavy atom. The lowest BCUT2D eigenvalue weighted by molar-refractivity contribution is -0.316. The van der Waals surface area contributed by atoms with Crippen molar-refractivity contribution >= 4 is 33.9 Å². The van der Waals surface area contributed by atoms with Crippen molar-refractivity contribution in [2.45, 2.75) is 70.0 Å². The van der Waals surface area contributed by atoms with E-state index in [0.717, 1.165) is 52.3 Å². The van der Waals surface area contributed by atoms with E-state index in [2.05, 4.69) is 14.7 Å². The number of carbonyl (C=O) groups is 4. The van der Waals surface area contributed by atoms with E-state index in [1.165, 1.54) is 0 Å². The van der Waals surface area contributed by atoms with E-state index in [9.17, 15) is 36.4 Å². The molecule has 0 aromatic heterocycles. The number of esters is 4. The molecule has 0 aliphatic carbocycles. The molecule has 1 aliphatic rings. The van der Waals surface area contributed by atoms with Crippen LogP contribution in [0, 0.1) is 11.6 Å². The third-order valence-corrected chi connectivity index (χ3v) is 6.54. The van der Waals surface area contributed by atoms with E-state index in [-0.39, 0.29) is 5.56 Å². The maximum absolute atomic E-state index is 14.5. The molecule has 43 heavy (non-hydrogen) atoms. The predicted molar refractivity (Wildman–Crippen MR) is 138 cm³/mol. The smallest absolute Gasteiger partial charge is 0.366 e. The number of hydrogen-bond acceptors (Lipinski definition) is 13. The van der Waals surface area contributed by atoms with Gasteiger partial charge in [-0.3, -0.25) is 14.4 Å². The number of hydrogen-bond donors (Lipinski definition) is 1. The first-order valence-electron chi connectivity index (χ1n) is 12.4. The zero-order valence-corrected chi connectivity index (χ0v) is 24.5. The molecule has 1 N–H and O–H groups in total. The summed E-state index contributed by atoms with van der Waals surface area (Å²) in [6.45, 7) is 1.37. The summed E-state index contributed by atoms with van der Waals surface area (Å²) in [6.07, 6.45) is -7.10. The van der Waals surface area contributed by atoms with E-state index < -0.39 is 101 Å². The molecule has 0 spiro atoms. The summed E-state index contributed by atoms with van der Waals surface area (Å²) in [6, 6.07) is 1.47. The lowest BCUT2D eigenvalue weighted by Gasteiger charge is -2.48. The van der Waals surface area contributed by atoms with Crippen molar-refractivity contribution in [3.05, 3.63) is 45.8 Å². The zero-order chi connectivity index (χ0) is 32.5. The molecule has 6 atom stereocenters. The van der Waals surface area contributed by atoms with Crippen LogP contribution in [-0.2, 0) is 64.2 Å². The maximum atomic E-state index is 14.5. The molecule has 2 rings (SSSR count). The topological polar surface area (TPSA) is 219 Å². The predicted octanol–water partition coefficient (Wildman–Crippen LogP) is 1.16. The highest BCUT2D eigenvalue weighted by atomic mass is 32.2. The fourth-order valence-electron chi connectivity index (χ4n) is 4.31. The summed E-state index contributed by atoms with van der Waals surface area (Å²) in [5.41, 5.74) is 8.49. The lowest BCUT2D eigenvalue weighted by Crippen LogP contribution is -2.69. The van der Waals surface area contributed by atoms with Gasteiger partial charge in [-0.2, -0.15) is 0 Å². The van der Waals surface area contributed by atoms with Gasteiger partial charge in [0.05, 0.1) is 39.0 Å². The van der Waals surface area contributed by atoms with Gasteiger partial charge in [-0.1, -0.05) is 17.2 Å². The molecule has 1 aromatic rings. The molecular weight excluding hydrogens is 606 g/mol. The molecule has 0 bridgehead atoms. The van der Waals surface area contributed by atoms with Crippen molar-refractivity contribution in [2.24, 2.45) is 5.11 Å². The first kappa shape index (κ1) is 35.3. The van der Waals surface area contributed by atoms with Crippen LogP contribution in [0.25, 0.3) is 10.4 Å². The highest BCUT2D eigenvalue weighted by Gasteiger charge is 2.59. The number of rotatable bonds is 13. The third kappa shape index (κ3) is 9.82. The van der Waals surface area contributed by atoms with Gasteiger partial charge in [0.25, 0.3) is 5.79 Å². The molecule has 1 fully saturated rings. The van der Waals surface area contributed by atoms with Gasteiger partial charge >= 0.3 is 23.9 Å². The number of methoxy groups -OCH3 is 1. The maximum Gasteiger partial charge on any atom is 0.366 e. The molecule has 16 nitrogen and oxygen atoms in total. The Morgan fingerprint density at radius 3 is 2.35 bits per heavy atom. The Kier molecular flexibility index (Phi) is 12.3. The number of benzene rings is 1. The highest BCUT2D eigenvalue weighted by Crippen LogP contribution is 2.38. The van der Waals surface area contributed by atoms with Gasteiger partial charge < -0.3 is 28.4 Å². The first-order chi connectivity index (χ1) is 20.0. The van der Waals surface area contributed by atoms with Crippen LogP contribution in [0.1, 0.15) is 32.8 Å². The standard InChI is InChI=1S/C24H30F2N4O12S/c1-12(31)39-17-9-24(23(34)37-4,38-11-15-7-6-8-16(25)19(15)26)42-22(20(17)29-43(5,35)36)21(41-14(3)33)18(10-28-30-27)40-13(2)32/h6-8,17-18,20-22,29H,9-11H2,1-5H3/t17-,18+,20+,21+,22+,24-/m0/s1. The van der Waals surface area contributed by atoms with Crippen LogP contribution >= 0.6 is 0 Å². The number of ether oxygens (including phenoxy) is 6. The summed E-state index contributed by atoms with van der Waals surface area (Å²) in [5, 5.41) is 3.33. The molecule has 0 radical (unpaired) electrons. The number of halogens is 2. The minimum Gasteiger partial charge on any atom is -0.465 e. The molecule has 1 aromatic carbocycles. The highest BCUT2D eigenvalue weighted by molar-refractivity contribution is 7.88. The Hall–Kier alpha value is -3.90. The van der Waals surface area contributed by atoms with E-state index in [4.69, 9.17) is 34.0 Å². The Labute approximate surface area is 244 Å². The zero-order valence-electron chi connectivity index (χ0n) is 23.6. The van der Waals surface area contributed by atoms with Crippen LogP contribution in [0.5, 0.6) is 0 Å². The molecule has 1 heterocycles. The van der Waals surface area contributed by atoms with Crippen molar-refractivity contribution < 1.29 is 64.8 Å². The second-order valence-corrected chi connectivity index (χ2v) is 11.0. The van der Waals surface area contributed by atoms with Crippen LogP contribution in [0.4, 0.5) is 8.78 Å². The quantitative estimate of drug-likeness (QED) is 0.106. The number of nitrogens with zero attached hydrogens (tertiary/aromatic N) is 3. The molecule has 0 unspecified atom stereocenters. The molecule has 0 saturated carbocycles. The first-order valence-corrected chi connectivity index (χ1v) is 14.3. The molecule has 1 saturated heterocycles. The SMILES string of the molecule is COC(=O)[C@]1(OCc2cccc(F)c2F)C[C@H](OC(C)=O)[C@@H](NS(C)(=O)=O)[C@H]([C@H](OC(C)=O)[C@@H](CN=[N+]=[N-])OC(C)=O)O1. The van der Waals surface area contributed by atoms with Crippen LogP contribution in [-0.4, -0.2) is 88.5 Å². The minimum absolute atomic E-state index is 0.374. The van der Waals surface area contributed by atoms with Gasteiger partial charge in [-0.05, 0) is 11.6 Å². The van der Waals surface area contributed by atoms with Crippen LogP contribution in [0.2, 0.25) is 0 Å². The summed E-state index contributed by atoms with van der Waals surface area (Å²) in [5.74, 6) is -9.43. The second-order valence-electron chi connectivity index (χ2n) is 9.23. The monoisotopic (exact) mass is 636 g/mol. The average Bonchev–Trinajstić information content (AvgIpc) is 2.90. The van der Waals surface area contributed by atoms with Crippen LogP contribution < -0.4 is 4.72 Å². The molecule has 0 amide bonds. The van der Waals surface area contributed by atoms with E-state index in [0.29, 0.717) is 0 Å². The van der Waals surface area contributed by atoms with Crippen molar-refractivity contribution in [3.8, 4) is 0 Å². The fraction of sp³-hybridized carbons (Fsp3) is 0.583. The number of azide groups is 1. The molecule has 1 aliphatic heterocycles. The Morgan fingerprint density at radius 1 is 1.16 bits per heavy atom. The van der Waals surface area contributed by atoms with E-state index in [1.54, 1.807) is 0 Å². The minimum atomic E-state index is -4.18. The van der Waals surface area contributed by atoms with Gasteiger partial charge in [-0.15, -0.1) is 0 Å². The fourth-order valence-corrected chi connectivity index (χ4v) is 5.09. The number of sulfonamides is 1. The molecule has 19 heteroatoms. The van der Waals surface area contributed by atoms with Crippen molar-refractivity contribution in [3.63, 3.8) is 0 Å². The van der Waals surface area contributed by atoms with E-state index >= 15 is 0 Å². The van der Waals surface area contributed by atoms with Gasteiger partial charge in [-0.25, -0.2) is 26.7 Å². The van der Waals surface area contributed by atoms with Gasteiger partial charge in [0.2, 0.25) is 10.0 Å². The van der Waals surface area contributed by atoms with Crippen molar-refractivity contribution in [1.29, 1.82) is 0 Å². The van der Waals surface area contributed by atoms with Gasteiger partial charge in [0, 0.05) is 31.2 Å². The number of nitrogens with one attached hydrogen (secondary N) is 1. The summed E-state index contributed by atoms with van der Waals surface area (Å²) in [7, 11) is -3.26. The summed E-state index contributed by atoms with van der Waals surface area (Å²) < 4.78 is 87.6. The summed E-state index contributed by atoms with van der Waals surface area (Å²) in [4.78, 5) is 52.0. The Balaban J connectivity index is 2.80. The van der Waals surface area contributed by atoms with Crippen LogP contribution in [0.3, 0.4) is 0 Å².